The highest BCUT2D eigenvalue weighted by Crippen LogP contribution is 2.18. The van der Waals surface area contributed by atoms with Crippen LogP contribution < -0.4 is 10.0 Å². The van der Waals surface area contributed by atoms with Gasteiger partial charge in [-0.05, 0) is 55.2 Å². The van der Waals surface area contributed by atoms with E-state index in [2.05, 4.69) is 15.0 Å². The molecule has 2 heterocycles. The highest BCUT2D eigenvalue weighted by Gasteiger charge is 2.24. The molecule has 0 aliphatic carbocycles. The lowest BCUT2D eigenvalue weighted by molar-refractivity contribution is 0.0684. The van der Waals surface area contributed by atoms with Crippen LogP contribution in [0.5, 0.6) is 0 Å². The van der Waals surface area contributed by atoms with Crippen LogP contribution in [-0.4, -0.2) is 56.0 Å². The average Bonchev–Trinajstić information content (AvgIpc) is 2.72. The number of anilines is 1. The zero-order valence-corrected chi connectivity index (χ0v) is 17.0. The van der Waals surface area contributed by atoms with Crippen molar-refractivity contribution in [2.24, 2.45) is 5.92 Å². The number of pyridine rings is 1. The maximum absolute atomic E-state index is 12.4. The van der Waals surface area contributed by atoms with E-state index in [4.69, 9.17) is 0 Å². The molecule has 0 spiro atoms. The second kappa shape index (κ2) is 9.04. The predicted octanol–water partition coefficient (Wildman–Crippen LogP) is 1.74. The summed E-state index contributed by atoms with van der Waals surface area (Å²) in [4.78, 5) is 30.6. The topological polar surface area (TPSA) is 108 Å². The van der Waals surface area contributed by atoms with Gasteiger partial charge in [0.25, 0.3) is 11.8 Å². The van der Waals surface area contributed by atoms with Gasteiger partial charge in [-0.25, -0.2) is 8.42 Å². The third kappa shape index (κ3) is 6.02. The van der Waals surface area contributed by atoms with Crippen molar-refractivity contribution in [3.05, 3.63) is 59.9 Å². The van der Waals surface area contributed by atoms with Gasteiger partial charge in [0.15, 0.2) is 0 Å². The molecule has 1 fully saturated rings. The standard InChI is InChI=1S/C20H24N4O4S/c1-29(27,28)23-18-6-4-16(5-7-18)19(25)22-13-15-8-11-24(12-9-15)20(26)17-3-2-10-21-14-17/h2-7,10,14-15,23H,8-9,11-13H2,1H3,(H,22,25). The molecular weight excluding hydrogens is 392 g/mol. The second-order valence-electron chi connectivity index (χ2n) is 7.14. The third-order valence-corrected chi connectivity index (χ3v) is 5.42. The maximum atomic E-state index is 12.4. The van der Waals surface area contributed by atoms with E-state index in [1.165, 1.54) is 0 Å². The zero-order valence-electron chi connectivity index (χ0n) is 16.2. The lowest BCUT2D eigenvalue weighted by Crippen LogP contribution is -2.41. The SMILES string of the molecule is CS(=O)(=O)Nc1ccc(C(=O)NCC2CCN(C(=O)c3cccnc3)CC2)cc1. The Morgan fingerprint density at radius 3 is 2.38 bits per heavy atom. The fourth-order valence-corrected chi connectivity index (χ4v) is 3.82. The summed E-state index contributed by atoms with van der Waals surface area (Å²) in [6.45, 7) is 1.84. The van der Waals surface area contributed by atoms with Crippen molar-refractivity contribution in [2.45, 2.75) is 12.8 Å². The zero-order chi connectivity index (χ0) is 20.9. The number of carbonyl (C=O) groups excluding carboxylic acids is 2. The number of piperidine rings is 1. The summed E-state index contributed by atoms with van der Waals surface area (Å²) in [5, 5.41) is 2.92. The molecule has 1 aromatic carbocycles. The first-order valence-electron chi connectivity index (χ1n) is 9.37. The first-order chi connectivity index (χ1) is 13.8. The molecule has 3 rings (SSSR count). The maximum Gasteiger partial charge on any atom is 0.255 e. The van der Waals surface area contributed by atoms with Gasteiger partial charge in [-0.1, -0.05) is 0 Å². The number of hydrogen-bond acceptors (Lipinski definition) is 5. The Hall–Kier alpha value is -2.94. The lowest BCUT2D eigenvalue weighted by Gasteiger charge is -2.32. The van der Waals surface area contributed by atoms with Gasteiger partial charge in [-0.3, -0.25) is 19.3 Å². The number of nitrogens with one attached hydrogen (secondary N) is 2. The van der Waals surface area contributed by atoms with E-state index in [-0.39, 0.29) is 11.8 Å². The molecule has 29 heavy (non-hydrogen) atoms. The van der Waals surface area contributed by atoms with Crippen molar-refractivity contribution >= 4 is 27.5 Å². The van der Waals surface area contributed by atoms with Crippen LogP contribution in [0.2, 0.25) is 0 Å². The Morgan fingerprint density at radius 1 is 1.10 bits per heavy atom. The summed E-state index contributed by atoms with van der Waals surface area (Å²) in [6, 6.07) is 9.78. The lowest BCUT2D eigenvalue weighted by atomic mass is 9.96. The van der Waals surface area contributed by atoms with Gasteiger partial charge in [-0.15, -0.1) is 0 Å². The minimum atomic E-state index is -3.35. The smallest absolute Gasteiger partial charge is 0.255 e. The van der Waals surface area contributed by atoms with Gasteiger partial charge < -0.3 is 10.2 Å². The molecule has 0 saturated carbocycles. The predicted molar refractivity (Wildman–Crippen MR) is 110 cm³/mol. The minimum absolute atomic E-state index is 0.0108. The number of amides is 2. The molecule has 0 unspecified atom stereocenters. The molecular formula is C20H24N4O4S. The van der Waals surface area contributed by atoms with E-state index in [0.717, 1.165) is 19.1 Å². The second-order valence-corrected chi connectivity index (χ2v) is 8.89. The molecule has 0 radical (unpaired) electrons. The van der Waals surface area contributed by atoms with Crippen molar-refractivity contribution in [2.75, 3.05) is 30.6 Å². The van der Waals surface area contributed by atoms with Gasteiger partial charge in [0.05, 0.1) is 11.8 Å². The van der Waals surface area contributed by atoms with E-state index in [1.807, 2.05) is 4.90 Å². The Balaban J connectivity index is 1.45. The van der Waals surface area contributed by atoms with Crippen LogP contribution in [0.15, 0.2) is 48.8 Å². The molecule has 2 N–H and O–H groups in total. The molecule has 9 heteroatoms. The van der Waals surface area contributed by atoms with Crippen molar-refractivity contribution in [1.82, 2.24) is 15.2 Å². The van der Waals surface area contributed by atoms with Crippen LogP contribution in [0.25, 0.3) is 0 Å². The third-order valence-electron chi connectivity index (χ3n) is 4.81. The molecule has 0 bridgehead atoms. The summed E-state index contributed by atoms with van der Waals surface area (Å²) in [5.74, 6) is 0.0937. The molecule has 1 saturated heterocycles. The summed E-state index contributed by atoms with van der Waals surface area (Å²) in [5.41, 5.74) is 1.47. The van der Waals surface area contributed by atoms with Crippen LogP contribution in [0.1, 0.15) is 33.6 Å². The summed E-state index contributed by atoms with van der Waals surface area (Å²) < 4.78 is 24.8. The minimum Gasteiger partial charge on any atom is -0.352 e. The number of aromatic nitrogens is 1. The van der Waals surface area contributed by atoms with E-state index in [9.17, 15) is 18.0 Å². The number of carbonyl (C=O) groups is 2. The molecule has 2 amide bonds. The highest BCUT2D eigenvalue weighted by atomic mass is 32.2. The van der Waals surface area contributed by atoms with E-state index >= 15 is 0 Å². The fourth-order valence-electron chi connectivity index (χ4n) is 3.25. The first-order valence-corrected chi connectivity index (χ1v) is 11.3. The summed E-state index contributed by atoms with van der Waals surface area (Å²) in [6.07, 6.45) is 5.93. The summed E-state index contributed by atoms with van der Waals surface area (Å²) in [7, 11) is -3.35. The number of rotatable bonds is 6. The van der Waals surface area contributed by atoms with Crippen LogP contribution >= 0.6 is 0 Å². The van der Waals surface area contributed by atoms with Crippen molar-refractivity contribution in [1.29, 1.82) is 0 Å². The van der Waals surface area contributed by atoms with Crippen LogP contribution in [-0.2, 0) is 10.0 Å². The van der Waals surface area contributed by atoms with E-state index in [1.54, 1.807) is 48.8 Å². The number of sulfonamides is 1. The number of nitrogens with zero attached hydrogens (tertiary/aromatic N) is 2. The molecule has 154 valence electrons. The van der Waals surface area contributed by atoms with Gasteiger partial charge in [0, 0.05) is 43.3 Å². The fraction of sp³-hybridized carbons (Fsp3) is 0.350. The van der Waals surface area contributed by atoms with Crippen molar-refractivity contribution in [3.8, 4) is 0 Å². The molecule has 0 atom stereocenters. The van der Waals surface area contributed by atoms with Gasteiger partial charge >= 0.3 is 0 Å². The number of likely N-dealkylation sites (tertiary alicyclic amines) is 1. The van der Waals surface area contributed by atoms with Crippen LogP contribution in [0, 0.1) is 5.92 Å². The normalized spacial score (nSPS) is 15.0. The largest absolute Gasteiger partial charge is 0.352 e. The Kier molecular flexibility index (Phi) is 6.48. The molecule has 1 aliphatic rings. The average molecular weight is 417 g/mol. The molecule has 2 aromatic rings. The first kappa shape index (κ1) is 20.8. The van der Waals surface area contributed by atoms with Crippen molar-refractivity contribution < 1.29 is 18.0 Å². The molecule has 1 aromatic heterocycles. The van der Waals surface area contributed by atoms with Crippen molar-refractivity contribution in [3.63, 3.8) is 0 Å². The van der Waals surface area contributed by atoms with E-state index < -0.39 is 10.0 Å². The van der Waals surface area contributed by atoms with Gasteiger partial charge in [0.2, 0.25) is 10.0 Å². The monoisotopic (exact) mass is 416 g/mol. The number of benzene rings is 1. The highest BCUT2D eigenvalue weighted by molar-refractivity contribution is 7.92. The van der Waals surface area contributed by atoms with Gasteiger partial charge in [-0.2, -0.15) is 0 Å². The Bertz CT molecular complexity index is 954. The molecule has 8 nitrogen and oxygen atoms in total. The Morgan fingerprint density at radius 2 is 1.79 bits per heavy atom. The summed E-state index contributed by atoms with van der Waals surface area (Å²) >= 11 is 0. The van der Waals surface area contributed by atoms with Gasteiger partial charge in [0.1, 0.15) is 0 Å². The van der Waals surface area contributed by atoms with E-state index in [0.29, 0.717) is 42.4 Å². The molecule has 1 aliphatic heterocycles. The van der Waals surface area contributed by atoms with Crippen LogP contribution in [0.3, 0.4) is 0 Å². The van der Waals surface area contributed by atoms with Crippen LogP contribution in [0.4, 0.5) is 5.69 Å². The quantitative estimate of drug-likeness (QED) is 0.746. The Labute approximate surface area is 170 Å². The number of hydrogen-bond donors (Lipinski definition) is 2.